The van der Waals surface area contributed by atoms with Gasteiger partial charge < -0.3 is 10.6 Å². The number of anilines is 2. The monoisotopic (exact) mass is 377 g/mol. The maximum absolute atomic E-state index is 13.9. The van der Waals surface area contributed by atoms with Crippen LogP contribution in [0.5, 0.6) is 0 Å². The number of hydrogen-bond acceptors (Lipinski definition) is 5. The van der Waals surface area contributed by atoms with Crippen LogP contribution in [0.1, 0.15) is 16.7 Å². The molecule has 1 saturated heterocycles. The highest BCUT2D eigenvalue weighted by atomic mass is 19.1. The molecular formula is C22H24FN5. The Morgan fingerprint density at radius 2 is 1.61 bits per heavy atom. The quantitative estimate of drug-likeness (QED) is 0.693. The van der Waals surface area contributed by atoms with Gasteiger partial charge in [0, 0.05) is 62.8 Å². The van der Waals surface area contributed by atoms with Gasteiger partial charge in [0.1, 0.15) is 5.82 Å². The highest BCUT2D eigenvalue weighted by Gasteiger charge is 2.20. The van der Waals surface area contributed by atoms with Crippen LogP contribution in [0.15, 0.2) is 60.9 Å². The average Bonchev–Trinajstić information content (AvgIpc) is 2.73. The van der Waals surface area contributed by atoms with E-state index in [4.69, 9.17) is 5.73 Å². The molecule has 5 nitrogen and oxygen atoms in total. The minimum atomic E-state index is -0.200. The highest BCUT2D eigenvalue weighted by molar-refractivity contribution is 5.41. The smallest absolute Gasteiger partial charge is 0.225 e. The topological polar surface area (TPSA) is 58.3 Å². The number of aromatic nitrogens is 2. The van der Waals surface area contributed by atoms with Crippen molar-refractivity contribution in [2.75, 3.05) is 36.8 Å². The Hall–Kier alpha value is -2.99. The van der Waals surface area contributed by atoms with Gasteiger partial charge in [0.25, 0.3) is 0 Å². The van der Waals surface area contributed by atoms with Gasteiger partial charge in [0.05, 0.1) is 0 Å². The molecule has 3 aromatic rings. The van der Waals surface area contributed by atoms with Crippen molar-refractivity contribution in [3.63, 3.8) is 0 Å². The number of piperazine rings is 1. The summed E-state index contributed by atoms with van der Waals surface area (Å²) in [4.78, 5) is 13.5. The van der Waals surface area contributed by atoms with Crippen molar-refractivity contribution < 1.29 is 4.39 Å². The van der Waals surface area contributed by atoms with Crippen LogP contribution in [0.2, 0.25) is 0 Å². The van der Waals surface area contributed by atoms with Crippen LogP contribution < -0.4 is 10.6 Å². The lowest BCUT2D eigenvalue weighted by Gasteiger charge is -2.34. The fraction of sp³-hybridized carbons (Fsp3) is 0.273. The number of rotatable bonds is 5. The molecule has 0 atom stereocenters. The van der Waals surface area contributed by atoms with Crippen molar-refractivity contribution in [3.8, 4) is 0 Å². The molecule has 0 bridgehead atoms. The molecule has 1 aromatic heterocycles. The second kappa shape index (κ2) is 8.35. The minimum Gasteiger partial charge on any atom is -0.399 e. The normalized spacial score (nSPS) is 15.0. The minimum absolute atomic E-state index is 0.200. The van der Waals surface area contributed by atoms with Crippen LogP contribution in [-0.2, 0) is 13.0 Å². The van der Waals surface area contributed by atoms with Crippen molar-refractivity contribution in [1.82, 2.24) is 14.9 Å². The van der Waals surface area contributed by atoms with Crippen LogP contribution in [0.25, 0.3) is 0 Å². The van der Waals surface area contributed by atoms with Gasteiger partial charge in [-0.25, -0.2) is 14.4 Å². The largest absolute Gasteiger partial charge is 0.399 e. The summed E-state index contributed by atoms with van der Waals surface area (Å²) in [5.74, 6) is 0.556. The third-order valence-electron chi connectivity index (χ3n) is 5.06. The van der Waals surface area contributed by atoms with Gasteiger partial charge in [-0.1, -0.05) is 30.3 Å². The molecule has 0 saturated carbocycles. The predicted molar refractivity (Wildman–Crippen MR) is 110 cm³/mol. The van der Waals surface area contributed by atoms with E-state index < -0.39 is 0 Å². The summed E-state index contributed by atoms with van der Waals surface area (Å²) in [5, 5.41) is 0. The molecule has 144 valence electrons. The van der Waals surface area contributed by atoms with E-state index in [0.29, 0.717) is 17.8 Å². The average molecular weight is 377 g/mol. The summed E-state index contributed by atoms with van der Waals surface area (Å²) < 4.78 is 13.9. The zero-order valence-electron chi connectivity index (χ0n) is 15.8. The number of nitrogens with zero attached hydrogens (tertiary/aromatic N) is 4. The molecule has 28 heavy (non-hydrogen) atoms. The van der Waals surface area contributed by atoms with Crippen LogP contribution in [0.4, 0.5) is 16.0 Å². The van der Waals surface area contributed by atoms with Gasteiger partial charge in [-0.05, 0) is 29.3 Å². The Balaban J connectivity index is 1.33. The SMILES string of the molecule is Nc1ccc(F)c(CN2CCN(c3ncc(Cc4ccccc4)cn3)CC2)c1. The molecule has 6 heteroatoms. The van der Waals surface area contributed by atoms with Gasteiger partial charge in [-0.15, -0.1) is 0 Å². The van der Waals surface area contributed by atoms with Crippen LogP contribution in [0, 0.1) is 5.82 Å². The summed E-state index contributed by atoms with van der Waals surface area (Å²) in [6.07, 6.45) is 4.65. The first-order valence-electron chi connectivity index (χ1n) is 9.53. The summed E-state index contributed by atoms with van der Waals surface area (Å²) >= 11 is 0. The van der Waals surface area contributed by atoms with Crippen LogP contribution in [-0.4, -0.2) is 41.0 Å². The first kappa shape index (κ1) is 18.4. The van der Waals surface area contributed by atoms with E-state index in [0.717, 1.165) is 44.1 Å². The number of nitrogens with two attached hydrogens (primary N) is 1. The van der Waals surface area contributed by atoms with Gasteiger partial charge in [0.15, 0.2) is 0 Å². The summed E-state index contributed by atoms with van der Waals surface area (Å²) in [6.45, 7) is 3.89. The Kier molecular flexibility index (Phi) is 5.48. The molecule has 2 aromatic carbocycles. The first-order valence-corrected chi connectivity index (χ1v) is 9.53. The molecule has 1 fully saturated rings. The van der Waals surface area contributed by atoms with E-state index in [1.54, 1.807) is 12.1 Å². The van der Waals surface area contributed by atoms with E-state index in [1.165, 1.54) is 11.6 Å². The Bertz CT molecular complexity index is 906. The van der Waals surface area contributed by atoms with E-state index in [2.05, 4.69) is 31.9 Å². The maximum atomic E-state index is 13.9. The van der Waals surface area contributed by atoms with Gasteiger partial charge in [-0.2, -0.15) is 0 Å². The second-order valence-electron chi connectivity index (χ2n) is 7.17. The lowest BCUT2D eigenvalue weighted by molar-refractivity contribution is 0.245. The molecule has 0 amide bonds. The molecule has 0 radical (unpaired) electrons. The van der Waals surface area contributed by atoms with E-state index >= 15 is 0 Å². The number of nitrogen functional groups attached to an aromatic ring is 1. The van der Waals surface area contributed by atoms with Gasteiger partial charge in [-0.3, -0.25) is 4.90 Å². The predicted octanol–water partition coefficient (Wildman–Crippen LogP) is 3.11. The van der Waals surface area contributed by atoms with Crippen molar-refractivity contribution in [3.05, 3.63) is 83.4 Å². The van der Waals surface area contributed by atoms with E-state index in [9.17, 15) is 4.39 Å². The molecule has 1 aliphatic heterocycles. The summed E-state index contributed by atoms with van der Waals surface area (Å²) in [7, 11) is 0. The summed E-state index contributed by atoms with van der Waals surface area (Å²) in [5.41, 5.74) is 9.38. The number of hydrogen-bond donors (Lipinski definition) is 1. The van der Waals surface area contributed by atoms with Crippen LogP contribution in [0.3, 0.4) is 0 Å². The maximum Gasteiger partial charge on any atom is 0.225 e. The fourth-order valence-corrected chi connectivity index (χ4v) is 3.50. The number of benzene rings is 2. The van der Waals surface area contributed by atoms with Gasteiger partial charge >= 0.3 is 0 Å². The van der Waals surface area contributed by atoms with Crippen molar-refractivity contribution in [1.29, 1.82) is 0 Å². The number of halogens is 1. The van der Waals surface area contributed by atoms with Crippen molar-refractivity contribution in [2.45, 2.75) is 13.0 Å². The summed E-state index contributed by atoms with van der Waals surface area (Å²) in [6, 6.07) is 15.1. The third-order valence-corrected chi connectivity index (χ3v) is 5.06. The molecule has 0 unspecified atom stereocenters. The third kappa shape index (κ3) is 4.46. The zero-order chi connectivity index (χ0) is 19.3. The van der Waals surface area contributed by atoms with Gasteiger partial charge in [0.2, 0.25) is 5.95 Å². The molecule has 2 N–H and O–H groups in total. The Morgan fingerprint density at radius 3 is 2.32 bits per heavy atom. The standard InChI is InChI=1S/C22H24FN5/c23-21-7-6-20(24)13-19(21)16-27-8-10-28(11-9-27)22-25-14-18(15-26-22)12-17-4-2-1-3-5-17/h1-7,13-15H,8-12,16,24H2. The molecule has 2 heterocycles. The molecule has 1 aliphatic rings. The second-order valence-corrected chi connectivity index (χ2v) is 7.17. The molecular weight excluding hydrogens is 353 g/mol. The molecule has 0 aliphatic carbocycles. The highest BCUT2D eigenvalue weighted by Crippen LogP contribution is 2.17. The van der Waals surface area contributed by atoms with Crippen LogP contribution >= 0.6 is 0 Å². The fourth-order valence-electron chi connectivity index (χ4n) is 3.50. The molecule has 4 rings (SSSR count). The lowest BCUT2D eigenvalue weighted by Crippen LogP contribution is -2.46. The lowest BCUT2D eigenvalue weighted by atomic mass is 10.1. The first-order chi connectivity index (χ1) is 13.7. The molecule has 0 spiro atoms. The van der Waals surface area contributed by atoms with Crippen molar-refractivity contribution in [2.24, 2.45) is 0 Å². The Labute approximate surface area is 164 Å². The van der Waals surface area contributed by atoms with E-state index in [-0.39, 0.29) is 5.82 Å². The zero-order valence-corrected chi connectivity index (χ0v) is 15.8. The van der Waals surface area contributed by atoms with Crippen molar-refractivity contribution >= 4 is 11.6 Å². The van der Waals surface area contributed by atoms with E-state index in [1.807, 2.05) is 30.6 Å². The Morgan fingerprint density at radius 1 is 0.893 bits per heavy atom.